The second-order valence-corrected chi connectivity index (χ2v) is 4.96. The van der Waals surface area contributed by atoms with Crippen LogP contribution in [-0.4, -0.2) is 0 Å². The molecular weight excluding hydrogens is 164 g/mol. The predicted molar refractivity (Wildman–Crippen MR) is 54.7 cm³/mol. The van der Waals surface area contributed by atoms with Crippen molar-refractivity contribution in [1.29, 1.82) is 0 Å². The van der Waals surface area contributed by atoms with Crippen molar-refractivity contribution in [2.24, 2.45) is 5.92 Å². The lowest BCUT2D eigenvalue weighted by Crippen LogP contribution is -1.80. The van der Waals surface area contributed by atoms with E-state index >= 15 is 0 Å². The van der Waals surface area contributed by atoms with E-state index in [1.54, 1.807) is 9.75 Å². The average Bonchev–Trinajstić information content (AvgIpc) is 2.81. The molecule has 12 heavy (non-hydrogen) atoms. The van der Waals surface area contributed by atoms with E-state index in [2.05, 4.69) is 19.1 Å². The summed E-state index contributed by atoms with van der Waals surface area (Å²) < 4.78 is 0. The summed E-state index contributed by atoms with van der Waals surface area (Å²) in [6.45, 7) is 2.23. The van der Waals surface area contributed by atoms with Gasteiger partial charge in [0.25, 0.3) is 0 Å². The number of hydrogen-bond donors (Lipinski definition) is 0. The Morgan fingerprint density at radius 3 is 2.67 bits per heavy atom. The Hall–Kier alpha value is -0.300. The smallest absolute Gasteiger partial charge is 0.00482 e. The van der Waals surface area contributed by atoms with E-state index < -0.39 is 0 Å². The first-order valence-electron chi connectivity index (χ1n) is 4.96. The lowest BCUT2D eigenvalue weighted by molar-refractivity contribution is 0.733. The molecule has 1 aliphatic rings. The molecule has 0 amide bonds. The largest absolute Gasteiger partial charge is 0.145 e. The molecule has 0 aromatic carbocycles. The third-order valence-corrected chi connectivity index (χ3v) is 3.85. The van der Waals surface area contributed by atoms with E-state index in [1.807, 2.05) is 11.3 Å². The standard InChI is InChI=1S/C11H16S/c1-2-10-7-8-11(12-10)6-5-9-3-4-9/h7-9H,2-6H2,1H3. The van der Waals surface area contributed by atoms with Crippen LogP contribution in [0.1, 0.15) is 35.9 Å². The fourth-order valence-corrected chi connectivity index (χ4v) is 2.47. The van der Waals surface area contributed by atoms with Gasteiger partial charge in [-0.3, -0.25) is 0 Å². The summed E-state index contributed by atoms with van der Waals surface area (Å²) in [6, 6.07) is 4.60. The zero-order valence-electron chi connectivity index (χ0n) is 7.68. The van der Waals surface area contributed by atoms with Gasteiger partial charge in [-0.1, -0.05) is 19.8 Å². The van der Waals surface area contributed by atoms with Crippen molar-refractivity contribution < 1.29 is 0 Å². The summed E-state index contributed by atoms with van der Waals surface area (Å²) in [5.74, 6) is 1.08. The molecule has 1 aromatic heterocycles. The summed E-state index contributed by atoms with van der Waals surface area (Å²) in [5, 5.41) is 0. The molecule has 0 N–H and O–H groups in total. The maximum absolute atomic E-state index is 2.31. The Morgan fingerprint density at radius 2 is 2.08 bits per heavy atom. The highest BCUT2D eigenvalue weighted by Gasteiger charge is 2.20. The highest BCUT2D eigenvalue weighted by molar-refractivity contribution is 7.11. The first kappa shape index (κ1) is 8.31. The highest BCUT2D eigenvalue weighted by Crippen LogP contribution is 2.34. The van der Waals surface area contributed by atoms with Crippen LogP contribution in [0.5, 0.6) is 0 Å². The fraction of sp³-hybridized carbons (Fsp3) is 0.636. The molecule has 0 radical (unpaired) electrons. The maximum Gasteiger partial charge on any atom is 0.00482 e. The van der Waals surface area contributed by atoms with Gasteiger partial charge >= 0.3 is 0 Å². The average molecular weight is 180 g/mol. The van der Waals surface area contributed by atoms with Crippen molar-refractivity contribution >= 4 is 11.3 Å². The molecule has 0 aliphatic heterocycles. The van der Waals surface area contributed by atoms with Crippen molar-refractivity contribution in [2.75, 3.05) is 0 Å². The zero-order valence-corrected chi connectivity index (χ0v) is 8.49. The van der Waals surface area contributed by atoms with Gasteiger partial charge in [-0.15, -0.1) is 11.3 Å². The molecule has 0 nitrogen and oxygen atoms in total. The first-order chi connectivity index (χ1) is 5.88. The SMILES string of the molecule is CCc1ccc(CCC2CC2)s1. The minimum atomic E-state index is 1.08. The molecule has 0 bridgehead atoms. The summed E-state index contributed by atoms with van der Waals surface area (Å²) >= 11 is 2.00. The van der Waals surface area contributed by atoms with Crippen LogP contribution in [-0.2, 0) is 12.8 Å². The minimum Gasteiger partial charge on any atom is -0.145 e. The molecule has 1 aromatic rings. The van der Waals surface area contributed by atoms with E-state index in [0.29, 0.717) is 0 Å². The topological polar surface area (TPSA) is 0 Å². The Labute approximate surface area is 78.6 Å². The molecule has 1 heteroatoms. The lowest BCUT2D eigenvalue weighted by Gasteiger charge is -1.93. The van der Waals surface area contributed by atoms with Crippen molar-refractivity contribution in [3.63, 3.8) is 0 Å². The van der Waals surface area contributed by atoms with E-state index in [4.69, 9.17) is 0 Å². The second-order valence-electron chi connectivity index (χ2n) is 3.70. The van der Waals surface area contributed by atoms with Gasteiger partial charge in [0.1, 0.15) is 0 Å². The predicted octanol–water partition coefficient (Wildman–Crippen LogP) is 3.65. The molecule has 1 aliphatic carbocycles. The molecule has 1 heterocycles. The minimum absolute atomic E-state index is 1.08. The zero-order chi connectivity index (χ0) is 8.39. The van der Waals surface area contributed by atoms with Gasteiger partial charge < -0.3 is 0 Å². The van der Waals surface area contributed by atoms with Crippen molar-refractivity contribution in [2.45, 2.75) is 39.0 Å². The quantitative estimate of drug-likeness (QED) is 0.663. The van der Waals surface area contributed by atoms with Crippen LogP contribution in [0.25, 0.3) is 0 Å². The van der Waals surface area contributed by atoms with Gasteiger partial charge in [-0.2, -0.15) is 0 Å². The van der Waals surface area contributed by atoms with Crippen LogP contribution in [0.4, 0.5) is 0 Å². The Bertz CT molecular complexity index is 245. The number of rotatable bonds is 4. The van der Waals surface area contributed by atoms with Crippen LogP contribution in [0.2, 0.25) is 0 Å². The van der Waals surface area contributed by atoms with Crippen LogP contribution >= 0.6 is 11.3 Å². The van der Waals surface area contributed by atoms with E-state index in [0.717, 1.165) is 5.92 Å². The Kier molecular flexibility index (Phi) is 2.50. The van der Waals surface area contributed by atoms with E-state index in [1.165, 1.54) is 32.1 Å². The van der Waals surface area contributed by atoms with Crippen LogP contribution in [0, 0.1) is 5.92 Å². The normalized spacial score (nSPS) is 16.8. The Balaban J connectivity index is 1.84. The summed E-state index contributed by atoms with van der Waals surface area (Å²) in [5.41, 5.74) is 0. The molecule has 1 fully saturated rings. The fourth-order valence-electron chi connectivity index (χ4n) is 1.50. The molecule has 0 saturated heterocycles. The molecule has 1 saturated carbocycles. The second kappa shape index (κ2) is 3.61. The molecule has 66 valence electrons. The van der Waals surface area contributed by atoms with Gasteiger partial charge in [0.15, 0.2) is 0 Å². The van der Waals surface area contributed by atoms with Gasteiger partial charge in [0.2, 0.25) is 0 Å². The summed E-state index contributed by atoms with van der Waals surface area (Å²) in [4.78, 5) is 3.14. The van der Waals surface area contributed by atoms with Crippen molar-refractivity contribution in [3.05, 3.63) is 21.9 Å². The monoisotopic (exact) mass is 180 g/mol. The third kappa shape index (κ3) is 2.10. The number of aryl methyl sites for hydroxylation is 2. The van der Waals surface area contributed by atoms with Gasteiger partial charge in [0, 0.05) is 9.75 Å². The van der Waals surface area contributed by atoms with Gasteiger partial charge in [-0.25, -0.2) is 0 Å². The van der Waals surface area contributed by atoms with Crippen molar-refractivity contribution in [3.8, 4) is 0 Å². The lowest BCUT2D eigenvalue weighted by atomic mass is 10.2. The first-order valence-corrected chi connectivity index (χ1v) is 5.77. The van der Waals surface area contributed by atoms with E-state index in [-0.39, 0.29) is 0 Å². The van der Waals surface area contributed by atoms with Crippen LogP contribution in [0.15, 0.2) is 12.1 Å². The van der Waals surface area contributed by atoms with Crippen LogP contribution in [0.3, 0.4) is 0 Å². The molecule has 2 rings (SSSR count). The number of thiophene rings is 1. The van der Waals surface area contributed by atoms with Gasteiger partial charge in [-0.05, 0) is 37.3 Å². The molecule has 0 spiro atoms. The molecule has 0 unspecified atom stereocenters. The maximum atomic E-state index is 2.31. The molecular formula is C11H16S. The summed E-state index contributed by atoms with van der Waals surface area (Å²) in [6.07, 6.45) is 6.95. The summed E-state index contributed by atoms with van der Waals surface area (Å²) in [7, 11) is 0. The van der Waals surface area contributed by atoms with Crippen LogP contribution < -0.4 is 0 Å². The third-order valence-electron chi connectivity index (χ3n) is 2.56. The molecule has 0 atom stereocenters. The van der Waals surface area contributed by atoms with Gasteiger partial charge in [0.05, 0.1) is 0 Å². The number of hydrogen-bond acceptors (Lipinski definition) is 1. The Morgan fingerprint density at radius 1 is 1.33 bits per heavy atom. The van der Waals surface area contributed by atoms with E-state index in [9.17, 15) is 0 Å². The van der Waals surface area contributed by atoms with Crippen molar-refractivity contribution in [1.82, 2.24) is 0 Å². The highest BCUT2D eigenvalue weighted by atomic mass is 32.1.